The fourth-order valence-electron chi connectivity index (χ4n) is 3.85. The highest BCUT2D eigenvalue weighted by atomic mass is 16.5. The molecule has 0 bridgehead atoms. The first-order valence-electron chi connectivity index (χ1n) is 9.23. The molecule has 4 rings (SSSR count). The molecule has 136 valence electrons. The first-order valence-corrected chi connectivity index (χ1v) is 9.23. The number of H-pyrrole nitrogens is 1. The smallest absolute Gasteiger partial charge is 0.227 e. The van der Waals surface area contributed by atoms with Gasteiger partial charge in [0.1, 0.15) is 11.6 Å². The molecule has 0 aliphatic carbocycles. The number of rotatable bonds is 4. The van der Waals surface area contributed by atoms with Crippen LogP contribution in [0.15, 0.2) is 28.8 Å². The zero-order chi connectivity index (χ0) is 18.1. The molecule has 1 aromatic carbocycles. The van der Waals surface area contributed by atoms with E-state index in [0.29, 0.717) is 12.3 Å². The highest BCUT2D eigenvalue weighted by molar-refractivity contribution is 5.79. The number of piperidine rings is 1. The maximum absolute atomic E-state index is 12.7. The average Bonchev–Trinajstić information content (AvgIpc) is 3.19. The van der Waals surface area contributed by atoms with Gasteiger partial charge in [-0.1, -0.05) is 17.3 Å². The van der Waals surface area contributed by atoms with E-state index in [1.807, 2.05) is 43.0 Å². The van der Waals surface area contributed by atoms with Gasteiger partial charge in [0.15, 0.2) is 0 Å². The zero-order valence-corrected chi connectivity index (χ0v) is 15.3. The SMILES string of the molecule is Cc1noc(C)c1CC(=O)N1CCC[C@H](Cc2nc3ccccc3[nH]2)C1. The van der Waals surface area contributed by atoms with Gasteiger partial charge in [-0.2, -0.15) is 0 Å². The predicted molar refractivity (Wildman–Crippen MR) is 98.8 cm³/mol. The summed E-state index contributed by atoms with van der Waals surface area (Å²) in [5, 5.41) is 3.95. The molecule has 1 aliphatic rings. The standard InChI is InChI=1S/C20H24N4O2/c1-13-16(14(2)26-23-13)11-20(25)24-9-5-6-15(12-24)10-19-21-17-7-3-4-8-18(17)22-19/h3-4,7-8,15H,5-6,9-12H2,1-2H3,(H,21,22)/t15-/m1/s1. The van der Waals surface area contributed by atoms with E-state index in [-0.39, 0.29) is 5.91 Å². The zero-order valence-electron chi connectivity index (χ0n) is 15.3. The molecular weight excluding hydrogens is 328 g/mol. The summed E-state index contributed by atoms with van der Waals surface area (Å²) >= 11 is 0. The number of hydrogen-bond donors (Lipinski definition) is 1. The topological polar surface area (TPSA) is 75.0 Å². The number of imidazole rings is 1. The molecule has 3 heterocycles. The van der Waals surface area contributed by atoms with Crippen molar-refractivity contribution in [3.8, 4) is 0 Å². The van der Waals surface area contributed by atoms with Crippen LogP contribution in [0.5, 0.6) is 0 Å². The quantitative estimate of drug-likeness (QED) is 0.782. The highest BCUT2D eigenvalue weighted by Crippen LogP contribution is 2.23. The number of aromatic nitrogens is 3. The van der Waals surface area contributed by atoms with Gasteiger partial charge in [0.05, 0.1) is 23.1 Å². The van der Waals surface area contributed by atoms with Crippen molar-refractivity contribution in [3.63, 3.8) is 0 Å². The van der Waals surface area contributed by atoms with Crippen LogP contribution in [0, 0.1) is 19.8 Å². The summed E-state index contributed by atoms with van der Waals surface area (Å²) in [6, 6.07) is 8.09. The lowest BCUT2D eigenvalue weighted by molar-refractivity contribution is -0.132. The summed E-state index contributed by atoms with van der Waals surface area (Å²) in [5.74, 6) is 2.36. The molecule has 0 radical (unpaired) electrons. The number of aryl methyl sites for hydroxylation is 2. The van der Waals surface area contributed by atoms with E-state index in [0.717, 1.165) is 66.2 Å². The van der Waals surface area contributed by atoms with E-state index in [2.05, 4.69) is 15.1 Å². The van der Waals surface area contributed by atoms with Crippen LogP contribution in [0.25, 0.3) is 11.0 Å². The lowest BCUT2D eigenvalue weighted by atomic mass is 9.94. The van der Waals surface area contributed by atoms with E-state index in [4.69, 9.17) is 4.52 Å². The Hall–Kier alpha value is -2.63. The summed E-state index contributed by atoms with van der Waals surface area (Å²) in [6.07, 6.45) is 3.42. The fraction of sp³-hybridized carbons (Fsp3) is 0.450. The number of aromatic amines is 1. The van der Waals surface area contributed by atoms with Crippen molar-refractivity contribution < 1.29 is 9.32 Å². The predicted octanol–water partition coefficient (Wildman–Crippen LogP) is 3.19. The number of hydrogen-bond acceptors (Lipinski definition) is 4. The van der Waals surface area contributed by atoms with Crippen LogP contribution in [0.3, 0.4) is 0 Å². The minimum Gasteiger partial charge on any atom is -0.361 e. The Bertz CT molecular complexity index is 874. The van der Waals surface area contributed by atoms with Gasteiger partial charge >= 0.3 is 0 Å². The van der Waals surface area contributed by atoms with E-state index < -0.39 is 0 Å². The fourth-order valence-corrected chi connectivity index (χ4v) is 3.85. The molecule has 2 aromatic heterocycles. The normalized spacial score (nSPS) is 17.8. The van der Waals surface area contributed by atoms with Crippen LogP contribution in [0.2, 0.25) is 0 Å². The number of amides is 1. The highest BCUT2D eigenvalue weighted by Gasteiger charge is 2.26. The Labute approximate surface area is 152 Å². The summed E-state index contributed by atoms with van der Waals surface area (Å²) in [4.78, 5) is 22.8. The molecule has 1 atom stereocenters. The van der Waals surface area contributed by atoms with Crippen molar-refractivity contribution in [3.05, 3.63) is 47.1 Å². The van der Waals surface area contributed by atoms with E-state index in [9.17, 15) is 4.79 Å². The number of para-hydroxylation sites is 2. The molecule has 0 saturated carbocycles. The second-order valence-electron chi connectivity index (χ2n) is 7.23. The van der Waals surface area contributed by atoms with Crippen molar-refractivity contribution in [2.45, 2.75) is 39.5 Å². The third kappa shape index (κ3) is 3.36. The van der Waals surface area contributed by atoms with E-state index in [1.54, 1.807) is 0 Å². The number of fused-ring (bicyclic) bond motifs is 1. The molecule has 1 fully saturated rings. The number of carbonyl (C=O) groups excluding carboxylic acids is 1. The van der Waals surface area contributed by atoms with Gasteiger partial charge in [-0.15, -0.1) is 0 Å². The summed E-state index contributed by atoms with van der Waals surface area (Å²) in [5.41, 5.74) is 3.82. The Morgan fingerprint density at radius 1 is 1.35 bits per heavy atom. The van der Waals surface area contributed by atoms with Gasteiger partial charge in [0.25, 0.3) is 0 Å². The van der Waals surface area contributed by atoms with Gasteiger partial charge in [-0.3, -0.25) is 4.79 Å². The van der Waals surface area contributed by atoms with Crippen molar-refractivity contribution in [1.29, 1.82) is 0 Å². The van der Waals surface area contributed by atoms with Crippen LogP contribution in [0.1, 0.15) is 35.7 Å². The number of nitrogens with one attached hydrogen (secondary N) is 1. The monoisotopic (exact) mass is 352 g/mol. The molecule has 1 N–H and O–H groups in total. The first kappa shape index (κ1) is 16.8. The molecule has 26 heavy (non-hydrogen) atoms. The van der Waals surface area contributed by atoms with Gasteiger partial charge in [0.2, 0.25) is 5.91 Å². The van der Waals surface area contributed by atoms with Crippen LogP contribution in [-0.2, 0) is 17.6 Å². The molecule has 1 amide bonds. The van der Waals surface area contributed by atoms with Gasteiger partial charge in [0, 0.05) is 25.1 Å². The second-order valence-corrected chi connectivity index (χ2v) is 7.23. The van der Waals surface area contributed by atoms with Gasteiger partial charge < -0.3 is 14.4 Å². The van der Waals surface area contributed by atoms with Crippen molar-refractivity contribution in [1.82, 2.24) is 20.0 Å². The Morgan fingerprint density at radius 3 is 2.96 bits per heavy atom. The number of benzene rings is 1. The van der Waals surface area contributed by atoms with Crippen molar-refractivity contribution in [2.75, 3.05) is 13.1 Å². The lowest BCUT2D eigenvalue weighted by Gasteiger charge is -2.32. The van der Waals surface area contributed by atoms with Crippen molar-refractivity contribution in [2.24, 2.45) is 5.92 Å². The lowest BCUT2D eigenvalue weighted by Crippen LogP contribution is -2.41. The molecule has 6 nitrogen and oxygen atoms in total. The molecule has 1 saturated heterocycles. The average molecular weight is 352 g/mol. The van der Waals surface area contributed by atoms with E-state index >= 15 is 0 Å². The first-order chi connectivity index (χ1) is 12.6. The van der Waals surface area contributed by atoms with Gasteiger partial charge in [-0.25, -0.2) is 4.98 Å². The summed E-state index contributed by atoms with van der Waals surface area (Å²) < 4.78 is 5.18. The number of carbonyl (C=O) groups is 1. The molecule has 3 aromatic rings. The molecule has 0 unspecified atom stereocenters. The number of nitrogens with zero attached hydrogens (tertiary/aromatic N) is 3. The summed E-state index contributed by atoms with van der Waals surface area (Å²) in [6.45, 7) is 5.38. The van der Waals surface area contributed by atoms with Crippen LogP contribution in [0.4, 0.5) is 0 Å². The minimum atomic E-state index is 0.161. The Balaban J connectivity index is 1.41. The molecule has 6 heteroatoms. The molecular formula is C20H24N4O2. The Kier molecular flexibility index (Phi) is 4.49. The van der Waals surface area contributed by atoms with E-state index in [1.165, 1.54) is 0 Å². The van der Waals surface area contributed by atoms with Crippen LogP contribution >= 0.6 is 0 Å². The maximum atomic E-state index is 12.7. The number of likely N-dealkylation sites (tertiary alicyclic amines) is 1. The maximum Gasteiger partial charge on any atom is 0.227 e. The van der Waals surface area contributed by atoms with Crippen molar-refractivity contribution >= 4 is 16.9 Å². The van der Waals surface area contributed by atoms with Gasteiger partial charge in [-0.05, 0) is 44.7 Å². The molecule has 1 aliphatic heterocycles. The van der Waals surface area contributed by atoms with Crippen LogP contribution < -0.4 is 0 Å². The minimum absolute atomic E-state index is 0.161. The third-order valence-corrected chi connectivity index (χ3v) is 5.30. The largest absolute Gasteiger partial charge is 0.361 e. The third-order valence-electron chi connectivity index (χ3n) is 5.30. The molecule has 0 spiro atoms. The second kappa shape index (κ2) is 6.94. The Morgan fingerprint density at radius 2 is 2.19 bits per heavy atom. The van der Waals surface area contributed by atoms with Crippen LogP contribution in [-0.4, -0.2) is 39.0 Å². The summed E-state index contributed by atoms with van der Waals surface area (Å²) in [7, 11) is 0.